The fourth-order valence-electron chi connectivity index (χ4n) is 4.09. The van der Waals surface area contributed by atoms with Gasteiger partial charge in [0.15, 0.2) is 11.8 Å². The Morgan fingerprint density at radius 3 is 2.75 bits per heavy atom. The van der Waals surface area contributed by atoms with Crippen LogP contribution < -0.4 is 20.8 Å². The molecule has 28 heavy (non-hydrogen) atoms. The number of rotatable bonds is 2. The van der Waals surface area contributed by atoms with Gasteiger partial charge in [0.05, 0.1) is 0 Å². The Balaban J connectivity index is 1.69. The van der Waals surface area contributed by atoms with Crippen LogP contribution >= 0.6 is 0 Å². The summed E-state index contributed by atoms with van der Waals surface area (Å²) in [7, 11) is 4.22. The van der Waals surface area contributed by atoms with Crippen molar-refractivity contribution in [3.05, 3.63) is 77.1 Å². The van der Waals surface area contributed by atoms with Crippen molar-refractivity contribution in [2.24, 2.45) is 7.05 Å². The number of pyridine rings is 2. The van der Waals surface area contributed by atoms with Crippen LogP contribution in [0.2, 0.25) is 0 Å². The molecule has 0 N–H and O–H groups in total. The molecule has 3 aromatic heterocycles. The van der Waals surface area contributed by atoms with E-state index in [4.69, 9.17) is 4.42 Å². The standard InChI is InChI=1S/C23H21BN3O/c1-16-14-26(2)22(12-19(16)17-8-5-4-6-9-17)24-13-21-20(15-27(24)3)18-10-7-11-25-23(18)28-21/h4-15H,1-3H3/q+1. The number of aryl methyl sites for hydroxylation is 2. The highest BCUT2D eigenvalue weighted by atomic mass is 16.3. The van der Waals surface area contributed by atoms with Crippen molar-refractivity contribution < 1.29 is 8.98 Å². The molecule has 136 valence electrons. The maximum atomic E-state index is 6.04. The molecule has 1 aliphatic rings. The Morgan fingerprint density at radius 1 is 1.11 bits per heavy atom. The molecular weight excluding hydrogens is 345 g/mol. The molecule has 0 atom stereocenters. The zero-order valence-electron chi connectivity index (χ0n) is 16.3. The Hall–Kier alpha value is -3.34. The van der Waals surface area contributed by atoms with E-state index >= 15 is 0 Å². The quantitative estimate of drug-likeness (QED) is 0.399. The van der Waals surface area contributed by atoms with Crippen LogP contribution in [0.4, 0.5) is 0 Å². The molecule has 0 amide bonds. The summed E-state index contributed by atoms with van der Waals surface area (Å²) < 4.78 is 8.24. The largest absolute Gasteiger partial charge is 0.439 e. The fourth-order valence-corrected chi connectivity index (χ4v) is 4.09. The average molecular weight is 366 g/mol. The lowest BCUT2D eigenvalue weighted by Crippen LogP contribution is -2.61. The summed E-state index contributed by atoms with van der Waals surface area (Å²) in [6.07, 6.45) is 6.13. The van der Waals surface area contributed by atoms with Gasteiger partial charge in [0.25, 0.3) is 0 Å². The first kappa shape index (κ1) is 16.8. The number of benzene rings is 1. The van der Waals surface area contributed by atoms with E-state index in [-0.39, 0.29) is 6.85 Å². The molecule has 0 saturated carbocycles. The van der Waals surface area contributed by atoms with E-state index in [1.807, 2.05) is 6.07 Å². The van der Waals surface area contributed by atoms with Crippen molar-refractivity contribution in [3.8, 4) is 11.1 Å². The van der Waals surface area contributed by atoms with Crippen LogP contribution in [0.25, 0.3) is 34.4 Å². The molecule has 5 heteroatoms. The molecule has 0 radical (unpaired) electrons. The molecule has 0 aliphatic carbocycles. The number of hydrogen-bond acceptors (Lipinski definition) is 3. The van der Waals surface area contributed by atoms with Crippen LogP contribution in [-0.4, -0.2) is 23.7 Å². The molecule has 4 aromatic rings. The summed E-state index contributed by atoms with van der Waals surface area (Å²) in [6, 6.07) is 16.8. The van der Waals surface area contributed by atoms with E-state index in [0.29, 0.717) is 5.71 Å². The third-order valence-electron chi connectivity index (χ3n) is 5.51. The maximum absolute atomic E-state index is 6.04. The van der Waals surface area contributed by atoms with Crippen LogP contribution in [0.5, 0.6) is 0 Å². The third-order valence-corrected chi connectivity index (χ3v) is 5.51. The van der Waals surface area contributed by atoms with Gasteiger partial charge in [-0.25, -0.2) is 9.55 Å². The van der Waals surface area contributed by atoms with Gasteiger partial charge in [0.1, 0.15) is 12.5 Å². The van der Waals surface area contributed by atoms with Crippen LogP contribution in [0.3, 0.4) is 0 Å². The maximum Gasteiger partial charge on any atom is 0.399 e. The van der Waals surface area contributed by atoms with Gasteiger partial charge in [0, 0.05) is 28.4 Å². The second-order valence-electron chi connectivity index (χ2n) is 7.41. The van der Waals surface area contributed by atoms with Crippen molar-refractivity contribution in [3.63, 3.8) is 0 Å². The highest BCUT2D eigenvalue weighted by molar-refractivity contribution is 6.82. The molecule has 4 nitrogen and oxygen atoms in total. The molecule has 0 unspecified atom stereocenters. The molecule has 0 bridgehead atoms. The molecule has 4 heterocycles. The highest BCUT2D eigenvalue weighted by Crippen LogP contribution is 2.21. The normalized spacial score (nSPS) is 13.2. The summed E-state index contributed by atoms with van der Waals surface area (Å²) in [4.78, 5) is 6.60. The second kappa shape index (κ2) is 6.38. The van der Waals surface area contributed by atoms with Crippen LogP contribution in [-0.2, 0) is 7.05 Å². The molecule has 1 aromatic carbocycles. The number of nitrogens with zero attached hydrogens (tertiary/aromatic N) is 3. The lowest BCUT2D eigenvalue weighted by molar-refractivity contribution is -0.654. The minimum absolute atomic E-state index is 0.0844. The van der Waals surface area contributed by atoms with Gasteiger partial charge in [-0.3, -0.25) is 0 Å². The van der Waals surface area contributed by atoms with Gasteiger partial charge in [-0.1, -0.05) is 30.3 Å². The topological polar surface area (TPSA) is 33.1 Å². The molecule has 0 spiro atoms. The van der Waals surface area contributed by atoms with Gasteiger partial charge in [0.2, 0.25) is 5.71 Å². The van der Waals surface area contributed by atoms with Crippen LogP contribution in [0.1, 0.15) is 5.56 Å². The zero-order valence-corrected chi connectivity index (χ0v) is 16.3. The second-order valence-corrected chi connectivity index (χ2v) is 7.41. The monoisotopic (exact) mass is 366 g/mol. The Kier molecular flexibility index (Phi) is 3.83. The summed E-state index contributed by atoms with van der Waals surface area (Å²) in [5.41, 5.74) is 6.53. The first-order valence-corrected chi connectivity index (χ1v) is 9.46. The van der Waals surface area contributed by atoms with E-state index in [9.17, 15) is 0 Å². The van der Waals surface area contributed by atoms with Crippen LogP contribution in [0.15, 0.2) is 65.3 Å². The first-order chi connectivity index (χ1) is 13.6. The Morgan fingerprint density at radius 2 is 1.93 bits per heavy atom. The predicted octanol–water partition coefficient (Wildman–Crippen LogP) is 1.53. The van der Waals surface area contributed by atoms with Gasteiger partial charge in [-0.2, -0.15) is 0 Å². The van der Waals surface area contributed by atoms with Gasteiger partial charge < -0.3 is 9.23 Å². The number of hydrogen-bond donors (Lipinski definition) is 0. The van der Waals surface area contributed by atoms with Crippen molar-refractivity contribution in [2.75, 3.05) is 7.05 Å². The molecule has 1 aliphatic heterocycles. The van der Waals surface area contributed by atoms with Gasteiger partial charge in [-0.05, 0) is 49.4 Å². The van der Waals surface area contributed by atoms with E-state index in [2.05, 4.69) is 96.2 Å². The first-order valence-electron chi connectivity index (χ1n) is 9.46. The third kappa shape index (κ3) is 2.62. The van der Waals surface area contributed by atoms with Crippen LogP contribution in [0, 0.1) is 6.92 Å². The van der Waals surface area contributed by atoms with Crippen molar-refractivity contribution in [2.45, 2.75) is 6.92 Å². The van der Waals surface area contributed by atoms with E-state index in [1.165, 1.54) is 22.3 Å². The predicted molar refractivity (Wildman–Crippen MR) is 113 cm³/mol. The zero-order chi connectivity index (χ0) is 19.3. The number of furan rings is 1. The van der Waals surface area contributed by atoms with E-state index in [0.717, 1.165) is 16.0 Å². The summed E-state index contributed by atoms with van der Waals surface area (Å²) in [6.45, 7) is 2.25. The molecular formula is C23H21BN3O+. The molecule has 5 rings (SSSR count). The molecule has 0 fully saturated rings. The SMILES string of the molecule is Cc1c[n+](C)c(B2C=c3oc4ncccc4c3=CN2C)cc1-c1ccccc1. The summed E-state index contributed by atoms with van der Waals surface area (Å²) in [5.74, 6) is 2.19. The fraction of sp³-hybridized carbons (Fsp3) is 0.130. The lowest BCUT2D eigenvalue weighted by atomic mass is 9.55. The van der Waals surface area contributed by atoms with Crippen molar-refractivity contribution in [1.82, 2.24) is 9.79 Å². The number of aromatic nitrogens is 2. The lowest BCUT2D eigenvalue weighted by Gasteiger charge is -2.21. The van der Waals surface area contributed by atoms with Gasteiger partial charge in [-0.15, -0.1) is 0 Å². The average Bonchev–Trinajstić information content (AvgIpc) is 3.06. The molecule has 0 saturated heterocycles. The van der Waals surface area contributed by atoms with Crippen molar-refractivity contribution in [1.29, 1.82) is 0 Å². The van der Waals surface area contributed by atoms with E-state index in [1.54, 1.807) is 6.20 Å². The smallest absolute Gasteiger partial charge is 0.399 e. The Labute approximate surface area is 164 Å². The van der Waals surface area contributed by atoms with Gasteiger partial charge >= 0.3 is 6.85 Å². The number of fused-ring (bicyclic) bond motifs is 3. The summed E-state index contributed by atoms with van der Waals surface area (Å²) >= 11 is 0. The minimum atomic E-state index is 0.0844. The summed E-state index contributed by atoms with van der Waals surface area (Å²) in [5, 5.41) is 2.15. The Bertz CT molecular complexity index is 1310. The van der Waals surface area contributed by atoms with E-state index < -0.39 is 0 Å². The minimum Gasteiger partial charge on any atom is -0.439 e. The van der Waals surface area contributed by atoms with Crippen molar-refractivity contribution >= 4 is 35.7 Å². The highest BCUT2D eigenvalue weighted by Gasteiger charge is 2.31.